The van der Waals surface area contributed by atoms with E-state index in [1.807, 2.05) is 12.2 Å². The number of hydrogen-bond donors (Lipinski definition) is 3. The van der Waals surface area contributed by atoms with Crippen molar-refractivity contribution in [1.29, 1.82) is 0 Å². The zero-order valence-electron chi connectivity index (χ0n) is 39.1. The summed E-state index contributed by atoms with van der Waals surface area (Å²) in [4.78, 5) is 50.5. The average Bonchev–Trinajstić information content (AvgIpc) is 3.26. The van der Waals surface area contributed by atoms with Gasteiger partial charge >= 0.3 is 23.9 Å². The van der Waals surface area contributed by atoms with E-state index in [-0.39, 0.29) is 25.9 Å². The van der Waals surface area contributed by atoms with Gasteiger partial charge in [-0.25, -0.2) is 4.79 Å². The molecule has 360 valence electrons. The lowest BCUT2D eigenvalue weighted by atomic mass is 9.98. The highest BCUT2D eigenvalue weighted by molar-refractivity contribution is 5.74. The van der Waals surface area contributed by atoms with Crippen LogP contribution >= 0.6 is 0 Å². The maximum Gasteiger partial charge on any atom is 0.335 e. The molecule has 0 aromatic heterocycles. The predicted molar refractivity (Wildman–Crippen MR) is 248 cm³/mol. The van der Waals surface area contributed by atoms with Crippen molar-refractivity contribution in [3.8, 4) is 0 Å². The molecule has 1 fully saturated rings. The van der Waals surface area contributed by atoms with Gasteiger partial charge in [0.05, 0.1) is 6.61 Å². The third-order valence-corrected chi connectivity index (χ3v) is 10.6. The predicted octanol–water partition coefficient (Wildman–Crippen LogP) is 10.9. The van der Waals surface area contributed by atoms with Crippen molar-refractivity contribution in [1.82, 2.24) is 0 Å². The summed E-state index contributed by atoms with van der Waals surface area (Å²) in [7, 11) is 0. The van der Waals surface area contributed by atoms with E-state index in [9.17, 15) is 34.5 Å². The van der Waals surface area contributed by atoms with Gasteiger partial charge in [0.25, 0.3) is 0 Å². The van der Waals surface area contributed by atoms with Crippen LogP contribution in [0.15, 0.2) is 60.8 Å². The molecule has 12 nitrogen and oxygen atoms in total. The topological polar surface area (TPSA) is 175 Å². The molecule has 1 heterocycles. The number of esters is 3. The van der Waals surface area contributed by atoms with E-state index in [4.69, 9.17) is 23.7 Å². The highest BCUT2D eigenvalue weighted by atomic mass is 16.7. The third kappa shape index (κ3) is 31.0. The molecule has 0 spiro atoms. The standard InChI is InChI=1S/C51H84O12/c1-4-7-10-13-16-19-21-22-24-26-28-31-34-37-43(52)59-40-42(61-44(53)38-35-32-30-27-23-20-17-14-11-8-5-2)41-60-51-49(47(56)46(55)48(63-51)50(57)58)62-45(54)39-36-33-29-25-18-15-12-9-6-3/h7,10,14,16-17,19,22,24,28,31,42,46-49,51,55-56H,4-6,8-9,11-13,15,18,20-21,23,25-27,29-30,32-41H2,1-3H3,(H,57,58)/b10-7-,17-14-,19-16-,24-22-,31-28-. The highest BCUT2D eigenvalue weighted by Gasteiger charge is 2.50. The van der Waals surface area contributed by atoms with Gasteiger partial charge in [-0.2, -0.15) is 0 Å². The Hall–Kier alpha value is -3.58. The number of aliphatic hydroxyl groups excluding tert-OH is 2. The molecule has 0 aromatic rings. The van der Waals surface area contributed by atoms with Crippen LogP contribution in [0.25, 0.3) is 0 Å². The number of aliphatic carboxylic acids is 1. The van der Waals surface area contributed by atoms with Crippen molar-refractivity contribution < 1.29 is 58.2 Å². The second-order valence-electron chi connectivity index (χ2n) is 16.4. The van der Waals surface area contributed by atoms with E-state index >= 15 is 0 Å². The Labute approximate surface area is 379 Å². The zero-order chi connectivity index (χ0) is 46.2. The molecule has 0 radical (unpaired) electrons. The molecule has 6 atom stereocenters. The summed E-state index contributed by atoms with van der Waals surface area (Å²) in [6.07, 6.45) is 34.0. The number of carboxylic acids is 1. The molecular weight excluding hydrogens is 805 g/mol. The molecule has 1 aliphatic heterocycles. The Morgan fingerprint density at radius 1 is 0.540 bits per heavy atom. The fourth-order valence-electron chi connectivity index (χ4n) is 6.83. The van der Waals surface area contributed by atoms with Crippen LogP contribution < -0.4 is 0 Å². The molecule has 6 unspecified atom stereocenters. The van der Waals surface area contributed by atoms with E-state index in [0.717, 1.165) is 89.9 Å². The Kier molecular flexibility index (Phi) is 36.4. The quantitative estimate of drug-likeness (QED) is 0.0231. The van der Waals surface area contributed by atoms with Crippen LogP contribution in [0, 0.1) is 0 Å². The first-order valence-corrected chi connectivity index (χ1v) is 24.3. The monoisotopic (exact) mass is 889 g/mol. The van der Waals surface area contributed by atoms with Crippen LogP contribution in [-0.2, 0) is 42.9 Å². The van der Waals surface area contributed by atoms with Crippen molar-refractivity contribution >= 4 is 23.9 Å². The Balaban J connectivity index is 2.81. The molecule has 0 saturated carbocycles. The Morgan fingerprint density at radius 3 is 1.63 bits per heavy atom. The third-order valence-electron chi connectivity index (χ3n) is 10.6. The minimum Gasteiger partial charge on any atom is -0.479 e. The first-order valence-electron chi connectivity index (χ1n) is 24.3. The summed E-state index contributed by atoms with van der Waals surface area (Å²) >= 11 is 0. The van der Waals surface area contributed by atoms with Gasteiger partial charge in [0.1, 0.15) is 18.8 Å². The molecule has 0 aromatic carbocycles. The Morgan fingerprint density at radius 2 is 1.05 bits per heavy atom. The number of unbranched alkanes of at least 4 members (excludes halogenated alkanes) is 15. The fourth-order valence-corrected chi connectivity index (χ4v) is 6.83. The first kappa shape index (κ1) is 57.4. The van der Waals surface area contributed by atoms with Gasteiger partial charge in [-0.05, 0) is 64.2 Å². The molecule has 3 N–H and O–H groups in total. The van der Waals surface area contributed by atoms with Crippen LogP contribution in [0.1, 0.15) is 188 Å². The normalized spacial score (nSPS) is 19.8. The molecular formula is C51H84O12. The van der Waals surface area contributed by atoms with E-state index in [0.29, 0.717) is 19.3 Å². The van der Waals surface area contributed by atoms with Crippen molar-refractivity contribution in [2.75, 3.05) is 13.2 Å². The SMILES string of the molecule is CC/C=C\C/C=C\C/C=C\C/C=C\CCC(=O)OCC(COC1OC(C(=O)O)C(O)C(O)C1OC(=O)CCCCCCCCCCC)OC(=O)CCCCCCC/C=C\CCCC. The van der Waals surface area contributed by atoms with Gasteiger partial charge in [0.15, 0.2) is 24.6 Å². The molecule has 1 aliphatic rings. The zero-order valence-corrected chi connectivity index (χ0v) is 39.1. The lowest BCUT2D eigenvalue weighted by molar-refractivity contribution is -0.301. The van der Waals surface area contributed by atoms with Crippen LogP contribution in [0.5, 0.6) is 0 Å². The number of aliphatic hydroxyl groups is 2. The largest absolute Gasteiger partial charge is 0.479 e. The lowest BCUT2D eigenvalue weighted by Gasteiger charge is -2.40. The molecule has 12 heteroatoms. The molecule has 1 rings (SSSR count). The summed E-state index contributed by atoms with van der Waals surface area (Å²) in [5.74, 6) is -3.25. The van der Waals surface area contributed by atoms with Gasteiger partial charge < -0.3 is 39.0 Å². The number of hydrogen-bond acceptors (Lipinski definition) is 11. The van der Waals surface area contributed by atoms with Crippen molar-refractivity contribution in [3.63, 3.8) is 0 Å². The number of rotatable bonds is 39. The average molecular weight is 889 g/mol. The molecule has 0 amide bonds. The van der Waals surface area contributed by atoms with Crippen molar-refractivity contribution in [2.45, 2.75) is 225 Å². The summed E-state index contributed by atoms with van der Waals surface area (Å²) < 4.78 is 28.1. The highest BCUT2D eigenvalue weighted by Crippen LogP contribution is 2.26. The van der Waals surface area contributed by atoms with Crippen LogP contribution in [0.4, 0.5) is 0 Å². The van der Waals surface area contributed by atoms with Crippen LogP contribution in [-0.4, -0.2) is 89.2 Å². The number of ether oxygens (including phenoxy) is 5. The van der Waals surface area contributed by atoms with Gasteiger partial charge in [0.2, 0.25) is 0 Å². The van der Waals surface area contributed by atoms with E-state index in [1.54, 1.807) is 0 Å². The summed E-state index contributed by atoms with van der Waals surface area (Å²) in [6.45, 7) is 5.68. The smallest absolute Gasteiger partial charge is 0.335 e. The summed E-state index contributed by atoms with van der Waals surface area (Å²) in [5, 5.41) is 31.2. The maximum atomic E-state index is 13.0. The number of carboxylic acid groups (broad SMARTS) is 1. The molecule has 1 saturated heterocycles. The molecule has 63 heavy (non-hydrogen) atoms. The van der Waals surface area contributed by atoms with Gasteiger partial charge in [-0.1, -0.05) is 165 Å². The van der Waals surface area contributed by atoms with Crippen molar-refractivity contribution in [3.05, 3.63) is 60.8 Å². The fraction of sp³-hybridized carbons (Fsp3) is 0.725. The summed E-state index contributed by atoms with van der Waals surface area (Å²) in [6, 6.07) is 0. The van der Waals surface area contributed by atoms with Crippen molar-refractivity contribution in [2.24, 2.45) is 0 Å². The minimum absolute atomic E-state index is 0.0530. The van der Waals surface area contributed by atoms with Gasteiger partial charge in [0, 0.05) is 19.3 Å². The maximum absolute atomic E-state index is 13.0. The second-order valence-corrected chi connectivity index (χ2v) is 16.4. The number of carbonyl (C=O) groups is 4. The van der Waals surface area contributed by atoms with E-state index in [1.165, 1.54) is 38.5 Å². The van der Waals surface area contributed by atoms with E-state index < -0.39 is 67.3 Å². The number of allylic oxidation sites excluding steroid dienone is 10. The van der Waals surface area contributed by atoms with Crippen LogP contribution in [0.3, 0.4) is 0 Å². The molecule has 0 bridgehead atoms. The number of carbonyl (C=O) groups excluding carboxylic acids is 3. The Bertz CT molecular complexity index is 1340. The van der Waals surface area contributed by atoms with E-state index in [2.05, 4.69) is 69.4 Å². The van der Waals surface area contributed by atoms with Crippen LogP contribution in [0.2, 0.25) is 0 Å². The van der Waals surface area contributed by atoms with Gasteiger partial charge in [-0.3, -0.25) is 14.4 Å². The minimum atomic E-state index is -1.91. The first-order chi connectivity index (χ1) is 30.6. The summed E-state index contributed by atoms with van der Waals surface area (Å²) in [5.41, 5.74) is 0. The molecule has 0 aliphatic carbocycles. The second kappa shape index (κ2) is 40.0. The lowest BCUT2D eigenvalue weighted by Crippen LogP contribution is -2.61. The van der Waals surface area contributed by atoms with Gasteiger partial charge in [-0.15, -0.1) is 0 Å².